The molecule has 12 heteroatoms. The van der Waals surface area contributed by atoms with E-state index in [9.17, 15) is 19.8 Å². The van der Waals surface area contributed by atoms with Crippen LogP contribution in [0.2, 0.25) is 0 Å². The first kappa shape index (κ1) is 57.0. The molecule has 5 N–H and O–H groups in total. The number of para-hydroxylation sites is 4. The van der Waals surface area contributed by atoms with E-state index in [0.29, 0.717) is 65.4 Å². The Balaban J connectivity index is 0.823. The monoisotopic (exact) mass is 1100 g/mol. The molecule has 2 heterocycles. The fourth-order valence-corrected chi connectivity index (χ4v) is 11.6. The molecule has 10 rings (SSSR count). The summed E-state index contributed by atoms with van der Waals surface area (Å²) in [4.78, 5) is 28.8. The Morgan fingerprint density at radius 1 is 0.598 bits per heavy atom. The molecule has 0 bridgehead atoms. The topological polar surface area (TPSA) is 156 Å². The van der Waals surface area contributed by atoms with Crippen LogP contribution in [0, 0.1) is 27.7 Å². The average molecular weight is 1100 g/mol. The zero-order valence-electron chi connectivity index (χ0n) is 47.3. The Morgan fingerprint density at radius 2 is 1.17 bits per heavy atom. The smallest absolute Gasteiger partial charge is 0.320 e. The van der Waals surface area contributed by atoms with Crippen molar-refractivity contribution in [2.24, 2.45) is 5.73 Å². The van der Waals surface area contributed by atoms with E-state index >= 15 is 0 Å². The first-order valence-corrected chi connectivity index (χ1v) is 28.4. The lowest BCUT2D eigenvalue weighted by atomic mass is 9.90. The minimum absolute atomic E-state index is 0.0293. The Bertz CT molecular complexity index is 3510. The number of nitrogens with one attached hydrogen (secondary N) is 1. The fourth-order valence-electron chi connectivity index (χ4n) is 11.6. The predicted octanol–water partition coefficient (Wildman–Crippen LogP) is 13.0. The second-order valence-corrected chi connectivity index (χ2v) is 22.1. The van der Waals surface area contributed by atoms with Crippen molar-refractivity contribution in [1.29, 1.82) is 0 Å². The van der Waals surface area contributed by atoms with Crippen LogP contribution in [0.15, 0.2) is 182 Å². The zero-order chi connectivity index (χ0) is 57.1. The molecule has 0 spiro atoms. The van der Waals surface area contributed by atoms with Crippen LogP contribution in [0.4, 0.5) is 0 Å². The van der Waals surface area contributed by atoms with Gasteiger partial charge in [-0.25, -0.2) is 0 Å². The number of aliphatic carboxylic acids is 2. The van der Waals surface area contributed by atoms with Gasteiger partial charge in [0.25, 0.3) is 0 Å². The number of hydrogen-bond acceptors (Lipinski definition) is 10. The van der Waals surface area contributed by atoms with Crippen LogP contribution < -0.4 is 30.0 Å². The van der Waals surface area contributed by atoms with E-state index in [4.69, 9.17) is 24.7 Å². The van der Waals surface area contributed by atoms with E-state index in [1.165, 1.54) is 5.56 Å². The lowest BCUT2D eigenvalue weighted by Gasteiger charge is -2.39. The summed E-state index contributed by atoms with van der Waals surface area (Å²) in [6.07, 6.45) is 1.25. The van der Waals surface area contributed by atoms with Gasteiger partial charge < -0.3 is 40.2 Å². The molecule has 12 nitrogen and oxygen atoms in total. The van der Waals surface area contributed by atoms with Crippen LogP contribution >= 0.6 is 0 Å². The number of carboxylic acids is 2. The predicted molar refractivity (Wildman–Crippen MR) is 321 cm³/mol. The summed E-state index contributed by atoms with van der Waals surface area (Å²) in [5, 5.41) is 23.0. The number of nitrogens with two attached hydrogens (primary N) is 1. The number of hydrogen-bond donors (Lipinski definition) is 4. The van der Waals surface area contributed by atoms with Gasteiger partial charge >= 0.3 is 11.9 Å². The van der Waals surface area contributed by atoms with E-state index in [-0.39, 0.29) is 24.6 Å². The van der Waals surface area contributed by atoms with Crippen molar-refractivity contribution in [2.75, 3.05) is 13.1 Å². The Morgan fingerprint density at radius 3 is 1.78 bits per heavy atom. The van der Waals surface area contributed by atoms with Crippen LogP contribution in [0.1, 0.15) is 98.2 Å². The van der Waals surface area contributed by atoms with Crippen molar-refractivity contribution < 1.29 is 38.7 Å². The summed E-state index contributed by atoms with van der Waals surface area (Å²) in [6, 6.07) is 60.6. The molecule has 3 unspecified atom stereocenters. The molecule has 422 valence electrons. The van der Waals surface area contributed by atoms with Gasteiger partial charge in [-0.1, -0.05) is 168 Å². The molecule has 8 aromatic rings. The number of rotatable bonds is 24. The lowest BCUT2D eigenvalue weighted by Crippen LogP contribution is -2.38. The van der Waals surface area contributed by atoms with Crippen molar-refractivity contribution >= 4 is 11.9 Å². The molecule has 0 aromatic heterocycles. The van der Waals surface area contributed by atoms with Crippen molar-refractivity contribution in [3.05, 3.63) is 249 Å². The van der Waals surface area contributed by atoms with Gasteiger partial charge in [0.1, 0.15) is 61.0 Å². The normalized spacial score (nSPS) is 17.0. The van der Waals surface area contributed by atoms with Gasteiger partial charge in [0.05, 0.1) is 0 Å². The Hall–Kier alpha value is -8.26. The molecule has 0 amide bonds. The number of fused-ring (bicyclic) bond motifs is 1. The van der Waals surface area contributed by atoms with Crippen LogP contribution in [0.5, 0.6) is 23.0 Å². The number of benzene rings is 8. The van der Waals surface area contributed by atoms with Crippen LogP contribution in [0.3, 0.4) is 0 Å². The number of carbonyl (C=O) groups is 2. The van der Waals surface area contributed by atoms with E-state index < -0.39 is 24.0 Å². The maximum atomic E-state index is 12.1. The zero-order valence-corrected chi connectivity index (χ0v) is 47.3. The molecule has 0 aliphatic carbocycles. The van der Waals surface area contributed by atoms with Crippen molar-refractivity contribution in [1.82, 2.24) is 15.1 Å². The van der Waals surface area contributed by atoms with Gasteiger partial charge in [-0.15, -0.1) is 0 Å². The number of aryl methyl sites for hydroxylation is 4. The molecule has 2 aliphatic heterocycles. The summed E-state index contributed by atoms with van der Waals surface area (Å²) < 4.78 is 26.5. The highest BCUT2D eigenvalue weighted by Gasteiger charge is 2.35. The molecule has 1 fully saturated rings. The average Bonchev–Trinajstić information content (AvgIpc) is 4.02. The van der Waals surface area contributed by atoms with Crippen molar-refractivity contribution in [3.63, 3.8) is 0 Å². The third-order valence-corrected chi connectivity index (χ3v) is 15.8. The standard InChI is InChI=1S/C70H74N4O8/c1-46-15-13-17-50(31-46)43-79-65-24-10-6-19-55(65)41-74(58-37-62(70(77)78)72-39-58)42-56-20-7-11-25-66(56)80-44-51-27-28-59(49(4)35-51)57-34-48(3)32-52(36-57)45-81-64-23-9-5-18-54(64)40-73(30-29-61(71)69(75)76)63-38-68(53-21-14-16-47(2)33-53)82-67-26-12-8-22-60(63)67/h5-28,31-36,58,61-63,68,72H,29-30,37-45,71H2,1-4H3,(H,75,76)(H,77,78)/t58?,61-,62-,63?,68?/m0/s1. The fraction of sp³-hybridized carbons (Fsp3) is 0.286. The van der Waals surface area contributed by atoms with E-state index in [2.05, 4.69) is 146 Å². The quantitative estimate of drug-likeness (QED) is 0.0455. The minimum Gasteiger partial charge on any atom is -0.489 e. The number of carboxylic acid groups (broad SMARTS) is 2. The highest BCUT2D eigenvalue weighted by Crippen LogP contribution is 2.45. The SMILES string of the molecule is Cc1cccc(COc2ccccc2CN(Cc2ccccc2OCc2ccc(-c3cc(C)cc(COc4ccccc4CN(CC[C@H](N)C(=O)O)C4CC(c5cccc(C)c5)Oc5ccccc54)c3)c(C)c2)C2CN[C@H](C(=O)O)C2)c1. The molecule has 1 saturated heterocycles. The van der Waals surface area contributed by atoms with Crippen molar-refractivity contribution in [3.8, 4) is 34.1 Å². The van der Waals surface area contributed by atoms with Crippen LogP contribution in [-0.2, 0) is 49.0 Å². The molecular weight excluding hydrogens is 1020 g/mol. The van der Waals surface area contributed by atoms with E-state index in [1.807, 2.05) is 78.9 Å². The maximum Gasteiger partial charge on any atom is 0.320 e. The molecule has 0 saturated carbocycles. The summed E-state index contributed by atoms with van der Waals surface area (Å²) in [7, 11) is 0. The Kier molecular flexibility index (Phi) is 18.5. The molecule has 2 aliphatic rings. The highest BCUT2D eigenvalue weighted by molar-refractivity contribution is 5.74. The first-order chi connectivity index (χ1) is 39.8. The highest BCUT2D eigenvalue weighted by atomic mass is 16.5. The summed E-state index contributed by atoms with van der Waals surface area (Å²) >= 11 is 0. The lowest BCUT2D eigenvalue weighted by molar-refractivity contribution is -0.139. The molecule has 82 heavy (non-hydrogen) atoms. The number of ether oxygens (including phenoxy) is 4. The van der Waals surface area contributed by atoms with Gasteiger partial charge in [0, 0.05) is 73.5 Å². The van der Waals surface area contributed by atoms with Crippen LogP contribution in [0.25, 0.3) is 11.1 Å². The molecule has 0 radical (unpaired) electrons. The number of nitrogens with zero attached hydrogens (tertiary/aromatic N) is 2. The van der Waals surface area contributed by atoms with Gasteiger partial charge in [-0.3, -0.25) is 19.4 Å². The first-order valence-electron chi connectivity index (χ1n) is 28.4. The molecular formula is C70H74N4O8. The maximum absolute atomic E-state index is 12.1. The third-order valence-electron chi connectivity index (χ3n) is 15.8. The van der Waals surface area contributed by atoms with E-state index in [0.717, 1.165) is 95.3 Å². The largest absolute Gasteiger partial charge is 0.489 e. The molecule has 5 atom stereocenters. The summed E-state index contributed by atoms with van der Waals surface area (Å²) in [5.41, 5.74) is 21.3. The Labute approximate surface area is 482 Å². The second-order valence-electron chi connectivity index (χ2n) is 22.1. The van der Waals surface area contributed by atoms with Crippen LogP contribution in [-0.4, -0.2) is 63.2 Å². The second kappa shape index (κ2) is 26.6. The van der Waals surface area contributed by atoms with Crippen molar-refractivity contribution in [2.45, 2.75) is 117 Å². The van der Waals surface area contributed by atoms with Gasteiger partial charge in [-0.05, 0) is 110 Å². The summed E-state index contributed by atoms with van der Waals surface area (Å²) in [5.74, 6) is 1.31. The third kappa shape index (κ3) is 14.4. The van der Waals surface area contributed by atoms with Gasteiger partial charge in [-0.2, -0.15) is 0 Å². The minimum atomic E-state index is -1.02. The van der Waals surface area contributed by atoms with Gasteiger partial charge in [0.15, 0.2) is 0 Å². The molecule has 8 aromatic carbocycles. The van der Waals surface area contributed by atoms with E-state index in [1.54, 1.807) is 0 Å². The summed E-state index contributed by atoms with van der Waals surface area (Å²) in [6.45, 7) is 12.2. The van der Waals surface area contributed by atoms with Gasteiger partial charge in [0.2, 0.25) is 0 Å².